The van der Waals surface area contributed by atoms with Gasteiger partial charge in [0.25, 0.3) is 0 Å². The molecule has 1 heterocycles. The Morgan fingerprint density at radius 3 is 2.29 bits per heavy atom. The number of rotatable bonds is 2. The van der Waals surface area contributed by atoms with Crippen molar-refractivity contribution < 1.29 is 0 Å². The highest BCUT2D eigenvalue weighted by Crippen LogP contribution is 2.46. The van der Waals surface area contributed by atoms with Crippen molar-refractivity contribution in [2.45, 2.75) is 45.1 Å². The summed E-state index contributed by atoms with van der Waals surface area (Å²) in [5, 5.41) is 0. The molecule has 2 nitrogen and oxygen atoms in total. The molecule has 0 amide bonds. The smallest absolute Gasteiger partial charge is 0.0555 e. The highest BCUT2D eigenvalue weighted by molar-refractivity contribution is 5.36. The molecule has 1 aliphatic carbocycles. The Labute approximate surface area is 128 Å². The molecule has 0 aromatic heterocycles. The highest BCUT2D eigenvalue weighted by Gasteiger charge is 2.36. The largest absolute Gasteiger partial charge is 0.320 e. The van der Waals surface area contributed by atoms with E-state index in [9.17, 15) is 0 Å². The van der Waals surface area contributed by atoms with Gasteiger partial charge in [-0.1, -0.05) is 36.8 Å². The van der Waals surface area contributed by atoms with Crippen LogP contribution in [-0.2, 0) is 6.54 Å². The second kappa shape index (κ2) is 6.64. The predicted octanol–water partition coefficient (Wildman–Crippen LogP) is 3.15. The Bertz CT molecular complexity index is 505. The van der Waals surface area contributed by atoms with E-state index in [1.165, 1.54) is 57.2 Å². The summed E-state index contributed by atoms with van der Waals surface area (Å²) in [7, 11) is 0. The molecular weight excluding hydrogens is 256 g/mol. The van der Waals surface area contributed by atoms with E-state index in [0.29, 0.717) is 6.54 Å². The summed E-state index contributed by atoms with van der Waals surface area (Å²) in [6.45, 7) is 4.06. The lowest BCUT2D eigenvalue weighted by Crippen LogP contribution is -2.38. The fourth-order valence-corrected chi connectivity index (χ4v) is 3.92. The molecule has 2 aliphatic rings. The topological polar surface area (TPSA) is 29.3 Å². The predicted molar refractivity (Wildman–Crippen MR) is 87.8 cm³/mol. The zero-order chi connectivity index (χ0) is 14.5. The molecule has 1 aromatic carbocycles. The number of nitrogens with zero attached hydrogens (tertiary/aromatic N) is 1. The van der Waals surface area contributed by atoms with Gasteiger partial charge in [-0.25, -0.2) is 0 Å². The third kappa shape index (κ3) is 3.67. The maximum atomic E-state index is 5.40. The number of nitrogens with two attached hydrogens (primary N) is 1. The molecule has 1 saturated carbocycles. The van der Waals surface area contributed by atoms with Crippen LogP contribution in [0.4, 0.5) is 0 Å². The zero-order valence-corrected chi connectivity index (χ0v) is 12.9. The Morgan fingerprint density at radius 1 is 1.00 bits per heavy atom. The van der Waals surface area contributed by atoms with Gasteiger partial charge in [-0.15, -0.1) is 0 Å². The van der Waals surface area contributed by atoms with E-state index < -0.39 is 0 Å². The van der Waals surface area contributed by atoms with Gasteiger partial charge in [-0.3, -0.25) is 4.90 Å². The van der Waals surface area contributed by atoms with Crippen molar-refractivity contribution in [1.82, 2.24) is 4.90 Å². The van der Waals surface area contributed by atoms with Gasteiger partial charge < -0.3 is 5.73 Å². The first-order chi connectivity index (χ1) is 10.3. The normalized spacial score (nSPS) is 21.2. The molecule has 1 aromatic rings. The number of piperidine rings is 1. The monoisotopic (exact) mass is 282 g/mol. The third-order valence-electron chi connectivity index (χ3n) is 5.28. The zero-order valence-electron chi connectivity index (χ0n) is 12.9. The van der Waals surface area contributed by atoms with Crippen molar-refractivity contribution >= 4 is 0 Å². The van der Waals surface area contributed by atoms with Crippen LogP contribution >= 0.6 is 0 Å². The van der Waals surface area contributed by atoms with Gasteiger partial charge in [0.2, 0.25) is 0 Å². The van der Waals surface area contributed by atoms with Crippen LogP contribution in [-0.4, -0.2) is 24.5 Å². The SMILES string of the molecule is NCC#Cc1ccc(CN2CCC3(CCCC3)CC2)cc1. The minimum atomic E-state index is 0.428. The first-order valence-corrected chi connectivity index (χ1v) is 8.30. The van der Waals surface area contributed by atoms with E-state index in [2.05, 4.69) is 41.0 Å². The molecule has 112 valence electrons. The molecule has 21 heavy (non-hydrogen) atoms. The van der Waals surface area contributed by atoms with Gasteiger partial charge in [0.1, 0.15) is 0 Å². The standard InChI is InChI=1S/C19H26N2/c20-13-3-4-17-5-7-18(8-6-17)16-21-14-11-19(12-15-21)9-1-2-10-19/h5-8H,1-2,9-16,20H2. The molecule has 1 aliphatic heterocycles. The average molecular weight is 282 g/mol. The fraction of sp³-hybridized carbons (Fsp3) is 0.579. The highest BCUT2D eigenvalue weighted by atomic mass is 15.1. The van der Waals surface area contributed by atoms with Crippen LogP contribution in [0.15, 0.2) is 24.3 Å². The van der Waals surface area contributed by atoms with E-state index in [-0.39, 0.29) is 0 Å². The van der Waals surface area contributed by atoms with Gasteiger partial charge in [-0.2, -0.15) is 0 Å². The number of hydrogen-bond acceptors (Lipinski definition) is 2. The molecule has 2 fully saturated rings. The molecule has 0 unspecified atom stereocenters. The van der Waals surface area contributed by atoms with Crippen molar-refractivity contribution in [2.75, 3.05) is 19.6 Å². The van der Waals surface area contributed by atoms with E-state index in [4.69, 9.17) is 5.73 Å². The summed E-state index contributed by atoms with van der Waals surface area (Å²) in [5.41, 5.74) is 8.58. The second-order valence-corrected chi connectivity index (χ2v) is 6.69. The van der Waals surface area contributed by atoms with Gasteiger partial charge in [0.05, 0.1) is 6.54 Å². The third-order valence-corrected chi connectivity index (χ3v) is 5.28. The van der Waals surface area contributed by atoms with Gasteiger partial charge >= 0.3 is 0 Å². The summed E-state index contributed by atoms with van der Waals surface area (Å²) in [4.78, 5) is 2.62. The summed E-state index contributed by atoms with van der Waals surface area (Å²) in [6, 6.07) is 8.64. The number of likely N-dealkylation sites (tertiary alicyclic amines) is 1. The maximum Gasteiger partial charge on any atom is 0.0555 e. The first kappa shape index (κ1) is 14.6. The summed E-state index contributed by atoms with van der Waals surface area (Å²) in [5.74, 6) is 5.98. The van der Waals surface area contributed by atoms with Crippen LogP contribution in [0, 0.1) is 17.3 Å². The van der Waals surface area contributed by atoms with Crippen molar-refractivity contribution in [1.29, 1.82) is 0 Å². The average Bonchev–Trinajstić information content (AvgIpc) is 2.98. The molecule has 2 N–H and O–H groups in total. The van der Waals surface area contributed by atoms with E-state index in [1.807, 2.05) is 0 Å². The van der Waals surface area contributed by atoms with Crippen molar-refractivity contribution in [3.05, 3.63) is 35.4 Å². The van der Waals surface area contributed by atoms with Gasteiger partial charge in [0, 0.05) is 12.1 Å². The van der Waals surface area contributed by atoms with Crippen LogP contribution in [0.25, 0.3) is 0 Å². The van der Waals surface area contributed by atoms with E-state index in [1.54, 1.807) is 0 Å². The second-order valence-electron chi connectivity index (χ2n) is 6.69. The minimum absolute atomic E-state index is 0.428. The van der Waals surface area contributed by atoms with Crippen molar-refractivity contribution in [3.63, 3.8) is 0 Å². The van der Waals surface area contributed by atoms with Crippen LogP contribution in [0.2, 0.25) is 0 Å². The van der Waals surface area contributed by atoms with Crippen LogP contribution in [0.5, 0.6) is 0 Å². The molecule has 0 atom stereocenters. The van der Waals surface area contributed by atoms with Crippen molar-refractivity contribution in [2.24, 2.45) is 11.1 Å². The lowest BCUT2D eigenvalue weighted by atomic mass is 9.77. The summed E-state index contributed by atoms with van der Waals surface area (Å²) in [6.07, 6.45) is 8.71. The summed E-state index contributed by atoms with van der Waals surface area (Å²) >= 11 is 0. The van der Waals surface area contributed by atoms with E-state index >= 15 is 0 Å². The van der Waals surface area contributed by atoms with Gasteiger partial charge in [0.15, 0.2) is 0 Å². The molecular formula is C19H26N2. The van der Waals surface area contributed by atoms with Crippen molar-refractivity contribution in [3.8, 4) is 11.8 Å². The van der Waals surface area contributed by atoms with Gasteiger partial charge in [-0.05, 0) is 61.9 Å². The Kier molecular flexibility index (Phi) is 4.63. The first-order valence-electron chi connectivity index (χ1n) is 8.30. The summed E-state index contributed by atoms with van der Waals surface area (Å²) < 4.78 is 0. The molecule has 2 heteroatoms. The Hall–Kier alpha value is -1.30. The number of benzene rings is 1. The lowest BCUT2D eigenvalue weighted by Gasteiger charge is -2.39. The van der Waals surface area contributed by atoms with Crippen LogP contribution in [0.3, 0.4) is 0 Å². The Morgan fingerprint density at radius 2 is 1.67 bits per heavy atom. The van der Waals surface area contributed by atoms with Crippen LogP contribution in [0.1, 0.15) is 49.7 Å². The van der Waals surface area contributed by atoms with Crippen LogP contribution < -0.4 is 5.73 Å². The molecule has 3 rings (SSSR count). The quantitative estimate of drug-likeness (QED) is 0.844. The lowest BCUT2D eigenvalue weighted by molar-refractivity contribution is 0.103. The molecule has 0 bridgehead atoms. The molecule has 1 saturated heterocycles. The Balaban J connectivity index is 1.53. The fourth-order valence-electron chi connectivity index (χ4n) is 3.92. The number of hydrogen-bond donors (Lipinski definition) is 1. The van der Waals surface area contributed by atoms with E-state index in [0.717, 1.165) is 17.5 Å². The maximum absolute atomic E-state index is 5.40. The molecule has 0 radical (unpaired) electrons. The minimum Gasteiger partial charge on any atom is -0.320 e. The molecule has 1 spiro atoms.